The summed E-state index contributed by atoms with van der Waals surface area (Å²) in [5, 5.41) is 7.58. The lowest BCUT2D eigenvalue weighted by atomic mass is 10.1. The van der Waals surface area contributed by atoms with Crippen molar-refractivity contribution in [1.82, 2.24) is 15.5 Å². The molecule has 0 spiro atoms. The Kier molecular flexibility index (Phi) is 9.15. The fraction of sp³-hybridized carbons (Fsp3) is 0.600. The topological polar surface area (TPSA) is 56.7 Å². The van der Waals surface area contributed by atoms with Crippen LogP contribution in [0.1, 0.15) is 37.7 Å². The summed E-state index contributed by atoms with van der Waals surface area (Å²) in [6.07, 6.45) is 6.44. The van der Waals surface area contributed by atoms with E-state index < -0.39 is 0 Å². The molecule has 0 aromatic heterocycles. The number of carbonyl (C=O) groups is 1. The number of aliphatic imine (C=N–C) groups is 1. The second-order valence-electron chi connectivity index (χ2n) is 7.27. The van der Waals surface area contributed by atoms with Gasteiger partial charge in [-0.1, -0.05) is 36.6 Å². The van der Waals surface area contributed by atoms with Gasteiger partial charge in [0.1, 0.15) is 0 Å². The fourth-order valence-corrected chi connectivity index (χ4v) is 4.00. The van der Waals surface area contributed by atoms with Crippen molar-refractivity contribution in [3.05, 3.63) is 34.9 Å². The van der Waals surface area contributed by atoms with Crippen molar-refractivity contribution < 1.29 is 4.79 Å². The molecule has 1 aromatic carbocycles. The van der Waals surface area contributed by atoms with E-state index in [0.717, 1.165) is 56.3 Å². The van der Waals surface area contributed by atoms with Crippen molar-refractivity contribution in [3.8, 4) is 0 Å². The average molecular weight is 505 g/mol. The summed E-state index contributed by atoms with van der Waals surface area (Å²) in [5.41, 5.74) is 1.24. The Labute approximate surface area is 184 Å². The van der Waals surface area contributed by atoms with Crippen LogP contribution < -0.4 is 10.6 Å². The Hall–Kier alpha value is -1.02. The van der Waals surface area contributed by atoms with Crippen LogP contribution in [0.25, 0.3) is 0 Å². The summed E-state index contributed by atoms with van der Waals surface area (Å²) >= 11 is 5.92. The quantitative estimate of drug-likeness (QED) is 0.367. The van der Waals surface area contributed by atoms with Crippen molar-refractivity contribution in [3.63, 3.8) is 0 Å². The number of hydrogen-bond donors (Lipinski definition) is 2. The maximum atomic E-state index is 12.5. The third-order valence-corrected chi connectivity index (χ3v) is 5.64. The van der Waals surface area contributed by atoms with E-state index in [1.807, 2.05) is 29.2 Å². The standard InChI is InChI=1S/C20H29ClN4O.HI/c1-22-20(23-12-10-15-6-8-17(21)9-7-15)24-18-11-13-25(14-18)19(26)16-4-2-3-5-16;/h6-9,16,18H,2-5,10-14H2,1H3,(H2,22,23,24);1H. The molecule has 5 nitrogen and oxygen atoms in total. The highest BCUT2D eigenvalue weighted by Crippen LogP contribution is 2.27. The van der Waals surface area contributed by atoms with Gasteiger partial charge in [0, 0.05) is 43.7 Å². The Bertz CT molecular complexity index is 631. The summed E-state index contributed by atoms with van der Waals surface area (Å²) in [7, 11) is 1.79. The summed E-state index contributed by atoms with van der Waals surface area (Å²) in [5.74, 6) is 1.43. The third-order valence-electron chi connectivity index (χ3n) is 5.39. The van der Waals surface area contributed by atoms with E-state index >= 15 is 0 Å². The summed E-state index contributed by atoms with van der Waals surface area (Å²) in [6, 6.07) is 8.20. The minimum atomic E-state index is 0. The van der Waals surface area contributed by atoms with Crippen LogP contribution in [-0.2, 0) is 11.2 Å². The average Bonchev–Trinajstić information content (AvgIpc) is 3.34. The van der Waals surface area contributed by atoms with Gasteiger partial charge < -0.3 is 15.5 Å². The highest BCUT2D eigenvalue weighted by molar-refractivity contribution is 14.0. The molecule has 150 valence electrons. The molecule has 0 bridgehead atoms. The summed E-state index contributed by atoms with van der Waals surface area (Å²) in [4.78, 5) is 18.9. The van der Waals surface area contributed by atoms with Crippen LogP contribution in [0.5, 0.6) is 0 Å². The van der Waals surface area contributed by atoms with E-state index in [-0.39, 0.29) is 35.9 Å². The molecule has 1 aliphatic carbocycles. The third kappa shape index (κ3) is 6.52. The van der Waals surface area contributed by atoms with Crippen molar-refractivity contribution in [2.45, 2.75) is 44.6 Å². The molecule has 1 heterocycles. The van der Waals surface area contributed by atoms with Crippen LogP contribution in [0.3, 0.4) is 0 Å². The monoisotopic (exact) mass is 504 g/mol. The first-order valence-corrected chi connectivity index (χ1v) is 10.0. The molecule has 1 atom stereocenters. The Morgan fingerprint density at radius 2 is 1.93 bits per heavy atom. The second-order valence-corrected chi connectivity index (χ2v) is 7.71. The van der Waals surface area contributed by atoms with E-state index in [2.05, 4.69) is 15.6 Å². The van der Waals surface area contributed by atoms with Gasteiger partial charge in [-0.3, -0.25) is 9.79 Å². The Morgan fingerprint density at radius 3 is 2.59 bits per heavy atom. The van der Waals surface area contributed by atoms with Crippen LogP contribution in [0.2, 0.25) is 5.02 Å². The number of rotatable bonds is 5. The van der Waals surface area contributed by atoms with Gasteiger partial charge >= 0.3 is 0 Å². The number of nitrogens with one attached hydrogen (secondary N) is 2. The van der Waals surface area contributed by atoms with Crippen LogP contribution in [0.4, 0.5) is 0 Å². The zero-order chi connectivity index (χ0) is 18.4. The van der Waals surface area contributed by atoms with Crippen molar-refractivity contribution in [2.24, 2.45) is 10.9 Å². The smallest absolute Gasteiger partial charge is 0.225 e. The molecule has 1 saturated heterocycles. The van der Waals surface area contributed by atoms with E-state index in [1.54, 1.807) is 7.05 Å². The van der Waals surface area contributed by atoms with E-state index in [0.29, 0.717) is 5.91 Å². The summed E-state index contributed by atoms with van der Waals surface area (Å²) < 4.78 is 0. The van der Waals surface area contributed by atoms with E-state index in [1.165, 1.54) is 18.4 Å². The SMILES string of the molecule is CN=C(NCCc1ccc(Cl)cc1)NC1CCN(C(=O)C2CCCC2)C1.I. The molecular formula is C20H30ClIN4O. The van der Waals surface area contributed by atoms with Crippen molar-refractivity contribution >= 4 is 47.4 Å². The van der Waals surface area contributed by atoms with Crippen LogP contribution in [0.15, 0.2) is 29.3 Å². The first-order chi connectivity index (χ1) is 12.7. The van der Waals surface area contributed by atoms with Gasteiger partial charge in [0.15, 0.2) is 5.96 Å². The molecule has 27 heavy (non-hydrogen) atoms. The van der Waals surface area contributed by atoms with Crippen molar-refractivity contribution in [1.29, 1.82) is 0 Å². The van der Waals surface area contributed by atoms with Gasteiger partial charge in [0.2, 0.25) is 5.91 Å². The van der Waals surface area contributed by atoms with Gasteiger partial charge in [-0.15, -0.1) is 24.0 Å². The van der Waals surface area contributed by atoms with E-state index in [9.17, 15) is 4.79 Å². The first-order valence-electron chi connectivity index (χ1n) is 9.66. The zero-order valence-electron chi connectivity index (χ0n) is 15.9. The number of halogens is 2. The molecule has 2 aliphatic rings. The normalized spacial score (nSPS) is 20.4. The Morgan fingerprint density at radius 1 is 1.22 bits per heavy atom. The number of amides is 1. The van der Waals surface area contributed by atoms with Gasteiger partial charge in [-0.25, -0.2) is 0 Å². The predicted octanol–water partition coefficient (Wildman–Crippen LogP) is 3.46. The highest BCUT2D eigenvalue weighted by atomic mass is 127. The lowest BCUT2D eigenvalue weighted by Gasteiger charge is -2.21. The maximum Gasteiger partial charge on any atom is 0.225 e. The molecule has 3 rings (SSSR count). The molecule has 1 unspecified atom stereocenters. The number of guanidine groups is 1. The molecule has 1 amide bonds. The van der Waals surface area contributed by atoms with Gasteiger partial charge in [0.25, 0.3) is 0 Å². The van der Waals surface area contributed by atoms with Crippen LogP contribution >= 0.6 is 35.6 Å². The molecule has 1 aliphatic heterocycles. The Balaban J connectivity index is 0.00000261. The minimum Gasteiger partial charge on any atom is -0.356 e. The fourth-order valence-electron chi connectivity index (χ4n) is 3.87. The summed E-state index contributed by atoms with van der Waals surface area (Å²) in [6.45, 7) is 2.45. The molecule has 1 saturated carbocycles. The van der Waals surface area contributed by atoms with E-state index in [4.69, 9.17) is 11.6 Å². The van der Waals surface area contributed by atoms with Gasteiger partial charge in [-0.05, 0) is 43.4 Å². The van der Waals surface area contributed by atoms with Crippen LogP contribution in [0, 0.1) is 5.92 Å². The second kappa shape index (κ2) is 11.1. The van der Waals surface area contributed by atoms with Crippen LogP contribution in [-0.4, -0.2) is 49.5 Å². The molecule has 0 radical (unpaired) electrons. The molecule has 2 fully saturated rings. The van der Waals surface area contributed by atoms with Gasteiger partial charge in [-0.2, -0.15) is 0 Å². The minimum absolute atomic E-state index is 0. The first kappa shape index (κ1) is 22.3. The maximum absolute atomic E-state index is 12.5. The lowest BCUT2D eigenvalue weighted by molar-refractivity contribution is -0.134. The molecule has 1 aromatic rings. The number of likely N-dealkylation sites (tertiary alicyclic amines) is 1. The largest absolute Gasteiger partial charge is 0.356 e. The molecule has 7 heteroatoms. The number of nitrogens with zero attached hydrogens (tertiary/aromatic N) is 2. The number of hydrogen-bond acceptors (Lipinski definition) is 2. The molecule has 2 N–H and O–H groups in total. The van der Waals surface area contributed by atoms with Crippen molar-refractivity contribution in [2.75, 3.05) is 26.7 Å². The zero-order valence-corrected chi connectivity index (χ0v) is 19.0. The molecular weight excluding hydrogens is 475 g/mol. The van der Waals surface area contributed by atoms with Gasteiger partial charge in [0.05, 0.1) is 0 Å². The highest BCUT2D eigenvalue weighted by Gasteiger charge is 2.32. The number of benzene rings is 1. The predicted molar refractivity (Wildman–Crippen MR) is 122 cm³/mol. The lowest BCUT2D eigenvalue weighted by Crippen LogP contribution is -2.45. The number of carbonyl (C=O) groups excluding carboxylic acids is 1.